The van der Waals surface area contributed by atoms with Gasteiger partial charge in [0.15, 0.2) is 11.7 Å². The molecule has 296 valence electrons. The van der Waals surface area contributed by atoms with Gasteiger partial charge in [0.2, 0.25) is 0 Å². The Morgan fingerprint density at radius 1 is 0.524 bits per heavy atom. The Morgan fingerprint density at radius 3 is 1.95 bits per heavy atom. The first-order valence-electron chi connectivity index (χ1n) is 21.3. The number of amidine groups is 2. The van der Waals surface area contributed by atoms with E-state index in [-0.39, 0.29) is 5.84 Å². The van der Waals surface area contributed by atoms with Crippen LogP contribution in [0.4, 0.5) is 0 Å². The first-order valence-corrected chi connectivity index (χ1v) is 21.3. The van der Waals surface area contributed by atoms with Crippen LogP contribution in [0.2, 0.25) is 0 Å². The van der Waals surface area contributed by atoms with E-state index in [0.717, 1.165) is 60.4 Å². The van der Waals surface area contributed by atoms with Crippen molar-refractivity contribution in [1.29, 1.82) is 5.41 Å². The van der Waals surface area contributed by atoms with Gasteiger partial charge in [-0.05, 0) is 69.3 Å². The lowest BCUT2D eigenvalue weighted by atomic mass is 9.66. The molecule has 2 N–H and O–H groups in total. The highest BCUT2D eigenvalue weighted by atomic mass is 15.0. The molecule has 0 spiro atoms. The Labute approximate surface area is 364 Å². The summed E-state index contributed by atoms with van der Waals surface area (Å²) in [4.78, 5) is 14.0. The van der Waals surface area contributed by atoms with Gasteiger partial charge in [-0.25, -0.2) is 9.98 Å². The van der Waals surface area contributed by atoms with Crippen molar-refractivity contribution in [3.05, 3.63) is 257 Å². The molecule has 9 aromatic carbocycles. The standard InChI is InChI=1S/C58H39N5/c59-56(47-29-13-17-34-52(47)63-51-33-16-12-27-43(51)45-35-36-50-53(55(45)63)46-28-11-15-32-49(46)61-50)62-57(38-19-4-1-5-20-38)60-37-39-21-18-30-44-42-26-10-14-31-48(42)58(54(39)44,40-22-6-2-7-23-40)41-24-8-3-9-25-41/h1-37,59,61H/b59-56?,60-37+,62-57-. The molecule has 0 amide bonds. The van der Waals surface area contributed by atoms with E-state index < -0.39 is 5.41 Å². The lowest BCUT2D eigenvalue weighted by Gasteiger charge is -2.34. The molecule has 0 saturated carbocycles. The summed E-state index contributed by atoms with van der Waals surface area (Å²) < 4.78 is 2.32. The summed E-state index contributed by atoms with van der Waals surface area (Å²) in [5, 5.41) is 14.5. The summed E-state index contributed by atoms with van der Waals surface area (Å²) in [5.41, 5.74) is 14.3. The van der Waals surface area contributed by atoms with E-state index in [0.29, 0.717) is 11.4 Å². The maximum Gasteiger partial charge on any atom is 0.161 e. The van der Waals surface area contributed by atoms with Gasteiger partial charge in [0.05, 0.1) is 22.1 Å². The number of aromatic amines is 1. The number of fused-ring (bicyclic) bond motifs is 10. The van der Waals surface area contributed by atoms with E-state index in [2.05, 4.69) is 179 Å². The molecule has 12 rings (SSSR count). The Balaban J connectivity index is 1.05. The highest BCUT2D eigenvalue weighted by Crippen LogP contribution is 2.57. The first kappa shape index (κ1) is 36.4. The Morgan fingerprint density at radius 2 is 1.16 bits per heavy atom. The molecule has 0 bridgehead atoms. The van der Waals surface area contributed by atoms with Crippen molar-refractivity contribution in [2.45, 2.75) is 5.41 Å². The lowest BCUT2D eigenvalue weighted by molar-refractivity contribution is 0.767. The van der Waals surface area contributed by atoms with Crippen molar-refractivity contribution < 1.29 is 0 Å². The summed E-state index contributed by atoms with van der Waals surface area (Å²) >= 11 is 0. The molecule has 5 nitrogen and oxygen atoms in total. The zero-order valence-electron chi connectivity index (χ0n) is 34.2. The molecule has 0 unspecified atom stereocenters. The topological polar surface area (TPSA) is 69.3 Å². The second-order valence-electron chi connectivity index (χ2n) is 16.1. The van der Waals surface area contributed by atoms with Gasteiger partial charge in [-0.2, -0.15) is 0 Å². The third-order valence-corrected chi connectivity index (χ3v) is 12.8. The number of nitrogens with one attached hydrogen (secondary N) is 2. The second-order valence-corrected chi connectivity index (χ2v) is 16.1. The van der Waals surface area contributed by atoms with Gasteiger partial charge in [-0.1, -0.05) is 188 Å². The van der Waals surface area contributed by atoms with Crippen molar-refractivity contribution >= 4 is 61.5 Å². The van der Waals surface area contributed by atoms with Gasteiger partial charge in [0.1, 0.15) is 0 Å². The monoisotopic (exact) mass is 805 g/mol. The Hall–Kier alpha value is -8.41. The zero-order chi connectivity index (χ0) is 41.9. The molecule has 5 heteroatoms. The van der Waals surface area contributed by atoms with Gasteiger partial charge in [0.25, 0.3) is 0 Å². The number of hydrogen-bond donors (Lipinski definition) is 2. The number of para-hydroxylation sites is 3. The number of benzene rings is 9. The van der Waals surface area contributed by atoms with Crippen molar-refractivity contribution in [1.82, 2.24) is 9.55 Å². The molecule has 1 aliphatic carbocycles. The van der Waals surface area contributed by atoms with Gasteiger partial charge in [-0.15, -0.1) is 0 Å². The first-order chi connectivity index (χ1) is 31.2. The summed E-state index contributed by atoms with van der Waals surface area (Å²) in [6, 6.07) is 76.5. The number of hydrogen-bond acceptors (Lipinski definition) is 1. The molecule has 63 heavy (non-hydrogen) atoms. The predicted molar refractivity (Wildman–Crippen MR) is 261 cm³/mol. The average molecular weight is 806 g/mol. The van der Waals surface area contributed by atoms with E-state index in [9.17, 15) is 5.41 Å². The largest absolute Gasteiger partial charge is 0.354 e. The molecule has 0 fully saturated rings. The van der Waals surface area contributed by atoms with Crippen LogP contribution in [0.3, 0.4) is 0 Å². The number of aromatic nitrogens is 2. The van der Waals surface area contributed by atoms with Crippen LogP contribution in [0, 0.1) is 5.41 Å². The van der Waals surface area contributed by atoms with Crippen LogP contribution in [0.5, 0.6) is 0 Å². The van der Waals surface area contributed by atoms with Crippen LogP contribution in [-0.2, 0) is 5.41 Å². The van der Waals surface area contributed by atoms with Crippen LogP contribution < -0.4 is 0 Å². The van der Waals surface area contributed by atoms with Gasteiger partial charge >= 0.3 is 0 Å². The molecule has 0 saturated heterocycles. The third kappa shape index (κ3) is 5.60. The fraction of sp³-hybridized carbons (Fsp3) is 0.0172. The number of aliphatic imine (C=N–C) groups is 2. The Bertz CT molecular complexity index is 3590. The summed E-state index contributed by atoms with van der Waals surface area (Å²) in [6.07, 6.45) is 1.96. The maximum absolute atomic E-state index is 9.83. The minimum absolute atomic E-state index is 0.118. The highest BCUT2D eigenvalue weighted by Gasteiger charge is 2.47. The molecule has 2 heterocycles. The van der Waals surface area contributed by atoms with Crippen LogP contribution in [0.15, 0.2) is 228 Å². The summed E-state index contributed by atoms with van der Waals surface area (Å²) in [5.74, 6) is 0.571. The van der Waals surface area contributed by atoms with Crippen molar-refractivity contribution in [3.63, 3.8) is 0 Å². The quantitative estimate of drug-likeness (QED) is 0.124. The molecule has 0 atom stereocenters. The molecular formula is C58H39N5. The highest BCUT2D eigenvalue weighted by molar-refractivity contribution is 6.26. The number of rotatable bonds is 6. The molecule has 11 aromatic rings. The number of nitrogens with zero attached hydrogens (tertiary/aromatic N) is 3. The van der Waals surface area contributed by atoms with Crippen molar-refractivity contribution in [3.8, 4) is 16.8 Å². The predicted octanol–water partition coefficient (Wildman–Crippen LogP) is 13.7. The smallest absolute Gasteiger partial charge is 0.161 e. The minimum Gasteiger partial charge on any atom is -0.354 e. The van der Waals surface area contributed by atoms with Gasteiger partial charge in [0, 0.05) is 49.9 Å². The summed E-state index contributed by atoms with van der Waals surface area (Å²) in [6.45, 7) is 0. The van der Waals surface area contributed by atoms with E-state index >= 15 is 0 Å². The van der Waals surface area contributed by atoms with Crippen LogP contribution in [0.25, 0.3) is 60.4 Å². The molecule has 1 aliphatic rings. The minimum atomic E-state index is -0.592. The lowest BCUT2D eigenvalue weighted by Crippen LogP contribution is -2.29. The maximum atomic E-state index is 9.83. The molecule has 2 aromatic heterocycles. The fourth-order valence-corrected chi connectivity index (χ4v) is 10.2. The number of H-pyrrole nitrogens is 1. The van der Waals surface area contributed by atoms with E-state index in [1.807, 2.05) is 54.7 Å². The third-order valence-electron chi connectivity index (χ3n) is 12.8. The van der Waals surface area contributed by atoms with Crippen LogP contribution in [0.1, 0.15) is 38.9 Å². The Kier molecular flexibility index (Phi) is 8.47. The van der Waals surface area contributed by atoms with Gasteiger partial charge < -0.3 is 9.55 Å². The van der Waals surface area contributed by atoms with Crippen LogP contribution >= 0.6 is 0 Å². The average Bonchev–Trinajstić information content (AvgIpc) is 4.00. The van der Waals surface area contributed by atoms with Crippen molar-refractivity contribution in [2.24, 2.45) is 9.98 Å². The van der Waals surface area contributed by atoms with E-state index in [4.69, 9.17) is 9.98 Å². The fourth-order valence-electron chi connectivity index (χ4n) is 10.2. The van der Waals surface area contributed by atoms with Crippen molar-refractivity contribution in [2.75, 3.05) is 0 Å². The second kappa shape index (κ2) is 14.6. The van der Waals surface area contributed by atoms with E-state index in [1.54, 1.807) is 0 Å². The summed E-state index contributed by atoms with van der Waals surface area (Å²) in [7, 11) is 0. The molecule has 0 aliphatic heterocycles. The zero-order valence-corrected chi connectivity index (χ0v) is 34.2. The van der Waals surface area contributed by atoms with E-state index in [1.165, 1.54) is 33.4 Å². The normalized spacial score (nSPS) is 13.3. The molecule has 0 radical (unpaired) electrons. The van der Waals surface area contributed by atoms with Crippen LogP contribution in [-0.4, -0.2) is 27.4 Å². The SMILES string of the molecule is N=C(/N=C(\N=C\c1cccc2c1C(c1ccccc1)(c1ccccc1)c1ccccc1-2)c1ccccc1)c1ccccc1-n1c2ccccc2c2ccc3[nH]c4ccccc4c3c21. The van der Waals surface area contributed by atoms with Gasteiger partial charge in [-0.3, -0.25) is 5.41 Å². The molecular weight excluding hydrogens is 767 g/mol.